The highest BCUT2D eigenvalue weighted by molar-refractivity contribution is 5.77. The van der Waals surface area contributed by atoms with Crippen molar-refractivity contribution in [3.05, 3.63) is 29.6 Å². The van der Waals surface area contributed by atoms with Crippen LogP contribution in [0.3, 0.4) is 0 Å². The maximum atomic E-state index is 5.66. The summed E-state index contributed by atoms with van der Waals surface area (Å²) < 4.78 is 2.33. The van der Waals surface area contributed by atoms with Crippen molar-refractivity contribution in [2.75, 3.05) is 0 Å². The predicted octanol–water partition coefficient (Wildman–Crippen LogP) is 2.71. The molecule has 1 aromatic heterocycles. The molecule has 17 heavy (non-hydrogen) atoms. The SMILES string of the molecule is CCc1nc2cc(CN)ccc2n1CC(C)C. The van der Waals surface area contributed by atoms with Crippen LogP contribution in [0, 0.1) is 5.92 Å². The van der Waals surface area contributed by atoms with E-state index in [-0.39, 0.29) is 0 Å². The molecule has 2 rings (SSSR count). The van der Waals surface area contributed by atoms with Crippen molar-refractivity contribution in [1.29, 1.82) is 0 Å². The molecule has 0 aliphatic rings. The molecule has 0 radical (unpaired) electrons. The Morgan fingerprint density at radius 3 is 2.71 bits per heavy atom. The van der Waals surface area contributed by atoms with Crippen molar-refractivity contribution in [2.45, 2.75) is 40.3 Å². The average Bonchev–Trinajstić information content (AvgIpc) is 2.65. The molecule has 0 atom stereocenters. The second-order valence-corrected chi connectivity index (χ2v) is 4.91. The molecule has 0 unspecified atom stereocenters. The van der Waals surface area contributed by atoms with Crippen molar-refractivity contribution in [3.8, 4) is 0 Å². The normalized spacial score (nSPS) is 11.6. The van der Waals surface area contributed by atoms with E-state index in [1.165, 1.54) is 11.3 Å². The van der Waals surface area contributed by atoms with Crippen LogP contribution in [0.15, 0.2) is 18.2 Å². The Balaban J connectivity index is 2.55. The molecule has 3 nitrogen and oxygen atoms in total. The van der Waals surface area contributed by atoms with Crippen molar-refractivity contribution < 1.29 is 0 Å². The number of imidazole rings is 1. The number of rotatable bonds is 4. The van der Waals surface area contributed by atoms with Gasteiger partial charge in [-0.1, -0.05) is 26.8 Å². The Labute approximate surface area is 103 Å². The van der Waals surface area contributed by atoms with Crippen molar-refractivity contribution >= 4 is 11.0 Å². The number of fused-ring (bicyclic) bond motifs is 1. The molecular weight excluding hydrogens is 210 g/mol. The van der Waals surface area contributed by atoms with Gasteiger partial charge in [0.1, 0.15) is 5.82 Å². The Hall–Kier alpha value is -1.35. The molecule has 3 heteroatoms. The molecule has 1 aromatic carbocycles. The van der Waals surface area contributed by atoms with Gasteiger partial charge in [-0.15, -0.1) is 0 Å². The van der Waals surface area contributed by atoms with Crippen LogP contribution in [0.4, 0.5) is 0 Å². The fourth-order valence-corrected chi connectivity index (χ4v) is 2.19. The van der Waals surface area contributed by atoms with Gasteiger partial charge < -0.3 is 10.3 Å². The first-order valence-corrected chi connectivity index (χ1v) is 6.33. The highest BCUT2D eigenvalue weighted by Gasteiger charge is 2.10. The van der Waals surface area contributed by atoms with Crippen LogP contribution < -0.4 is 5.73 Å². The lowest BCUT2D eigenvalue weighted by atomic mass is 10.2. The summed E-state index contributed by atoms with van der Waals surface area (Å²) in [5, 5.41) is 0. The fourth-order valence-electron chi connectivity index (χ4n) is 2.19. The van der Waals surface area contributed by atoms with E-state index in [4.69, 9.17) is 10.7 Å². The summed E-state index contributed by atoms with van der Waals surface area (Å²) in [7, 11) is 0. The van der Waals surface area contributed by atoms with Crippen LogP contribution in [0.2, 0.25) is 0 Å². The molecule has 1 heterocycles. The van der Waals surface area contributed by atoms with E-state index in [9.17, 15) is 0 Å². The molecule has 92 valence electrons. The van der Waals surface area contributed by atoms with Crippen molar-refractivity contribution in [1.82, 2.24) is 9.55 Å². The standard InChI is InChI=1S/C14H21N3/c1-4-14-16-12-7-11(8-15)5-6-13(12)17(14)9-10(2)3/h5-7,10H,4,8-9,15H2,1-3H3. The number of benzene rings is 1. The summed E-state index contributed by atoms with van der Waals surface area (Å²) in [6.45, 7) is 8.23. The summed E-state index contributed by atoms with van der Waals surface area (Å²) in [6.07, 6.45) is 0.972. The number of nitrogens with two attached hydrogens (primary N) is 1. The summed E-state index contributed by atoms with van der Waals surface area (Å²) >= 11 is 0. The summed E-state index contributed by atoms with van der Waals surface area (Å²) in [5.41, 5.74) is 9.12. The Bertz CT molecular complexity index is 511. The molecule has 0 saturated carbocycles. The van der Waals surface area contributed by atoms with Gasteiger partial charge in [-0.25, -0.2) is 4.98 Å². The van der Waals surface area contributed by atoms with Gasteiger partial charge in [0.05, 0.1) is 11.0 Å². The molecule has 0 saturated heterocycles. The van der Waals surface area contributed by atoms with Crippen molar-refractivity contribution in [2.24, 2.45) is 11.7 Å². The largest absolute Gasteiger partial charge is 0.328 e. The maximum absolute atomic E-state index is 5.66. The lowest BCUT2D eigenvalue weighted by molar-refractivity contribution is 0.518. The third kappa shape index (κ3) is 2.34. The highest BCUT2D eigenvalue weighted by Crippen LogP contribution is 2.19. The number of aromatic nitrogens is 2. The monoisotopic (exact) mass is 231 g/mol. The predicted molar refractivity (Wildman–Crippen MR) is 71.8 cm³/mol. The minimum absolute atomic E-state index is 0.578. The van der Waals surface area contributed by atoms with E-state index >= 15 is 0 Å². The van der Waals surface area contributed by atoms with Crippen molar-refractivity contribution in [3.63, 3.8) is 0 Å². The van der Waals surface area contributed by atoms with Crippen LogP contribution in [0.1, 0.15) is 32.2 Å². The first kappa shape index (κ1) is 12.1. The summed E-state index contributed by atoms with van der Waals surface area (Å²) in [5.74, 6) is 1.80. The lowest BCUT2D eigenvalue weighted by Crippen LogP contribution is -2.07. The van der Waals surface area contributed by atoms with E-state index in [1.807, 2.05) is 0 Å². The van der Waals surface area contributed by atoms with E-state index in [0.29, 0.717) is 12.5 Å². The smallest absolute Gasteiger partial charge is 0.109 e. The van der Waals surface area contributed by atoms with Gasteiger partial charge in [-0.2, -0.15) is 0 Å². The Kier molecular flexibility index (Phi) is 3.48. The van der Waals surface area contributed by atoms with Gasteiger partial charge in [0.25, 0.3) is 0 Å². The minimum Gasteiger partial charge on any atom is -0.328 e. The van der Waals surface area contributed by atoms with Gasteiger partial charge in [0.2, 0.25) is 0 Å². The van der Waals surface area contributed by atoms with Gasteiger partial charge in [-0.3, -0.25) is 0 Å². The average molecular weight is 231 g/mol. The fraction of sp³-hybridized carbons (Fsp3) is 0.500. The van der Waals surface area contributed by atoms with E-state index in [2.05, 4.69) is 43.5 Å². The number of hydrogen-bond donors (Lipinski definition) is 1. The molecule has 0 fully saturated rings. The van der Waals surface area contributed by atoms with Crippen LogP contribution in [-0.4, -0.2) is 9.55 Å². The number of aryl methyl sites for hydroxylation is 1. The van der Waals surface area contributed by atoms with E-state index in [0.717, 1.165) is 24.0 Å². The topological polar surface area (TPSA) is 43.8 Å². The van der Waals surface area contributed by atoms with E-state index < -0.39 is 0 Å². The molecule has 0 aliphatic heterocycles. The first-order chi connectivity index (χ1) is 8.15. The molecular formula is C14H21N3. The third-order valence-electron chi connectivity index (χ3n) is 2.99. The quantitative estimate of drug-likeness (QED) is 0.879. The van der Waals surface area contributed by atoms with E-state index in [1.54, 1.807) is 0 Å². The van der Waals surface area contributed by atoms with Gasteiger partial charge in [0.15, 0.2) is 0 Å². The van der Waals surface area contributed by atoms with Crippen LogP contribution in [0.25, 0.3) is 11.0 Å². The molecule has 0 bridgehead atoms. The minimum atomic E-state index is 0.578. The Morgan fingerprint density at radius 1 is 1.35 bits per heavy atom. The number of nitrogens with zero attached hydrogens (tertiary/aromatic N) is 2. The molecule has 0 spiro atoms. The lowest BCUT2D eigenvalue weighted by Gasteiger charge is -2.10. The third-order valence-corrected chi connectivity index (χ3v) is 2.99. The second-order valence-electron chi connectivity index (χ2n) is 4.91. The van der Waals surface area contributed by atoms with Gasteiger partial charge in [0, 0.05) is 19.5 Å². The molecule has 2 N–H and O–H groups in total. The van der Waals surface area contributed by atoms with Gasteiger partial charge >= 0.3 is 0 Å². The van der Waals surface area contributed by atoms with Crippen LogP contribution >= 0.6 is 0 Å². The Morgan fingerprint density at radius 2 is 2.12 bits per heavy atom. The summed E-state index contributed by atoms with van der Waals surface area (Å²) in [4.78, 5) is 4.70. The molecule has 0 amide bonds. The second kappa shape index (κ2) is 4.88. The van der Waals surface area contributed by atoms with Gasteiger partial charge in [-0.05, 0) is 23.6 Å². The van der Waals surface area contributed by atoms with Crippen LogP contribution in [0.5, 0.6) is 0 Å². The first-order valence-electron chi connectivity index (χ1n) is 6.33. The zero-order valence-electron chi connectivity index (χ0n) is 10.9. The zero-order valence-corrected chi connectivity index (χ0v) is 10.9. The van der Waals surface area contributed by atoms with Crippen LogP contribution in [-0.2, 0) is 19.5 Å². The molecule has 2 aromatic rings. The maximum Gasteiger partial charge on any atom is 0.109 e. The highest BCUT2D eigenvalue weighted by atomic mass is 15.1. The number of hydrogen-bond acceptors (Lipinski definition) is 2. The molecule has 0 aliphatic carbocycles. The zero-order chi connectivity index (χ0) is 12.4. The summed E-state index contributed by atoms with van der Waals surface area (Å²) in [6, 6.07) is 6.34.